The summed E-state index contributed by atoms with van der Waals surface area (Å²) in [5.41, 5.74) is 9.51. The maximum Gasteiger partial charge on any atom is 0.206 e. The van der Waals surface area contributed by atoms with Crippen molar-refractivity contribution in [1.82, 2.24) is 4.98 Å². The lowest BCUT2D eigenvalue weighted by Crippen LogP contribution is -2.02. The smallest absolute Gasteiger partial charge is 0.206 e. The summed E-state index contributed by atoms with van der Waals surface area (Å²) in [7, 11) is 0. The van der Waals surface area contributed by atoms with Gasteiger partial charge in [0.05, 0.1) is 0 Å². The van der Waals surface area contributed by atoms with Gasteiger partial charge in [-0.1, -0.05) is 58.8 Å². The maximum atomic E-state index is 12.6. The largest absolute Gasteiger partial charge is 0.382 e. The fourth-order valence-electron chi connectivity index (χ4n) is 2.23. The van der Waals surface area contributed by atoms with Gasteiger partial charge < -0.3 is 11.1 Å². The molecule has 0 saturated carbocycles. The Morgan fingerprint density at radius 2 is 1.88 bits per heavy atom. The van der Waals surface area contributed by atoms with E-state index in [0.717, 1.165) is 16.8 Å². The highest BCUT2D eigenvalue weighted by Gasteiger charge is 2.18. The fraction of sp³-hybridized carbons (Fsp3) is 0.111. The maximum absolute atomic E-state index is 12.6. The number of nitrogens with one attached hydrogen (secondary N) is 1. The molecule has 2 aromatic carbocycles. The second kappa shape index (κ2) is 6.63. The van der Waals surface area contributed by atoms with E-state index in [4.69, 9.17) is 17.3 Å². The lowest BCUT2D eigenvalue weighted by molar-refractivity contribution is 0.104. The van der Waals surface area contributed by atoms with Crippen molar-refractivity contribution in [1.29, 1.82) is 0 Å². The van der Waals surface area contributed by atoms with Gasteiger partial charge in [-0.2, -0.15) is 0 Å². The molecule has 1 aromatic heterocycles. The molecule has 6 heteroatoms. The van der Waals surface area contributed by atoms with Crippen LogP contribution in [-0.2, 0) is 0 Å². The third-order valence-corrected chi connectivity index (χ3v) is 4.84. The number of nitrogens with zero attached hydrogens (tertiary/aromatic N) is 1. The summed E-state index contributed by atoms with van der Waals surface area (Å²) < 4.78 is 0. The van der Waals surface area contributed by atoms with Crippen LogP contribution in [0.2, 0.25) is 5.02 Å². The number of halogens is 1. The Balaban J connectivity index is 1.88. The molecule has 3 N–H and O–H groups in total. The number of hydrogen-bond acceptors (Lipinski definition) is 5. The van der Waals surface area contributed by atoms with Crippen LogP contribution < -0.4 is 11.1 Å². The van der Waals surface area contributed by atoms with Crippen molar-refractivity contribution in [3.05, 3.63) is 69.1 Å². The SMILES string of the molecule is Cc1ccc(C(=O)c2sc(Nc3cc(Cl)ccc3C)nc2N)cc1. The number of aromatic nitrogens is 1. The van der Waals surface area contributed by atoms with Gasteiger partial charge in [0, 0.05) is 16.3 Å². The molecule has 3 aromatic rings. The number of aryl methyl sites for hydroxylation is 2. The molecule has 0 radical (unpaired) electrons. The molecule has 0 aliphatic carbocycles. The number of hydrogen-bond donors (Lipinski definition) is 2. The average Bonchev–Trinajstić information content (AvgIpc) is 2.91. The molecule has 3 rings (SSSR count). The monoisotopic (exact) mass is 357 g/mol. The number of thiazole rings is 1. The third kappa shape index (κ3) is 3.42. The van der Waals surface area contributed by atoms with Gasteiger partial charge >= 0.3 is 0 Å². The summed E-state index contributed by atoms with van der Waals surface area (Å²) in [6, 6.07) is 13.0. The van der Waals surface area contributed by atoms with E-state index < -0.39 is 0 Å². The van der Waals surface area contributed by atoms with E-state index in [1.807, 2.05) is 44.2 Å². The number of rotatable bonds is 4. The van der Waals surface area contributed by atoms with Crippen LogP contribution in [-0.4, -0.2) is 10.8 Å². The van der Waals surface area contributed by atoms with E-state index >= 15 is 0 Å². The van der Waals surface area contributed by atoms with E-state index in [0.29, 0.717) is 20.6 Å². The molecule has 122 valence electrons. The Kier molecular flexibility index (Phi) is 4.55. The highest BCUT2D eigenvalue weighted by atomic mass is 35.5. The zero-order chi connectivity index (χ0) is 17.3. The molecule has 0 bridgehead atoms. The van der Waals surface area contributed by atoms with Crippen LogP contribution in [0, 0.1) is 13.8 Å². The predicted octanol–water partition coefficient (Wildman–Crippen LogP) is 4.97. The Bertz CT molecular complexity index is 903. The molecule has 0 atom stereocenters. The predicted molar refractivity (Wildman–Crippen MR) is 101 cm³/mol. The van der Waals surface area contributed by atoms with Gasteiger partial charge in [-0.3, -0.25) is 4.79 Å². The number of carbonyl (C=O) groups excluding carboxylic acids is 1. The summed E-state index contributed by atoms with van der Waals surface area (Å²) in [6.07, 6.45) is 0. The van der Waals surface area contributed by atoms with Crippen molar-refractivity contribution in [2.75, 3.05) is 11.1 Å². The third-order valence-electron chi connectivity index (χ3n) is 3.61. The number of nitrogen functional groups attached to an aromatic ring is 1. The van der Waals surface area contributed by atoms with Crippen molar-refractivity contribution < 1.29 is 4.79 Å². The van der Waals surface area contributed by atoms with Crippen LogP contribution in [0.5, 0.6) is 0 Å². The normalized spacial score (nSPS) is 10.6. The van der Waals surface area contributed by atoms with Gasteiger partial charge in [0.2, 0.25) is 5.78 Å². The minimum absolute atomic E-state index is 0.124. The summed E-state index contributed by atoms with van der Waals surface area (Å²) in [4.78, 5) is 17.3. The summed E-state index contributed by atoms with van der Waals surface area (Å²) in [5.74, 6) is 0.105. The number of ketones is 1. The fourth-order valence-corrected chi connectivity index (χ4v) is 3.26. The van der Waals surface area contributed by atoms with E-state index in [1.165, 1.54) is 11.3 Å². The zero-order valence-corrected chi connectivity index (χ0v) is 14.8. The second-order valence-electron chi connectivity index (χ2n) is 5.51. The molecule has 0 aliphatic rings. The van der Waals surface area contributed by atoms with Gasteiger partial charge in [-0.05, 0) is 31.5 Å². The molecule has 0 saturated heterocycles. The molecular formula is C18H16ClN3OS. The Morgan fingerprint density at radius 1 is 1.17 bits per heavy atom. The average molecular weight is 358 g/mol. The first kappa shape index (κ1) is 16.5. The zero-order valence-electron chi connectivity index (χ0n) is 13.3. The molecule has 0 unspecified atom stereocenters. The lowest BCUT2D eigenvalue weighted by atomic mass is 10.1. The summed E-state index contributed by atoms with van der Waals surface area (Å²) >= 11 is 7.26. The molecule has 1 heterocycles. The van der Waals surface area contributed by atoms with Crippen LogP contribution in [0.15, 0.2) is 42.5 Å². The summed E-state index contributed by atoms with van der Waals surface area (Å²) in [5, 5.41) is 4.37. The number of nitrogens with two attached hydrogens (primary N) is 1. The highest BCUT2D eigenvalue weighted by molar-refractivity contribution is 7.18. The molecule has 0 spiro atoms. The Morgan fingerprint density at radius 3 is 2.58 bits per heavy atom. The minimum atomic E-state index is -0.124. The van der Waals surface area contributed by atoms with Crippen LogP contribution >= 0.6 is 22.9 Å². The van der Waals surface area contributed by atoms with E-state index in [1.54, 1.807) is 12.1 Å². The van der Waals surface area contributed by atoms with E-state index in [-0.39, 0.29) is 11.6 Å². The first-order chi connectivity index (χ1) is 11.4. The second-order valence-corrected chi connectivity index (χ2v) is 6.95. The lowest BCUT2D eigenvalue weighted by Gasteiger charge is -2.06. The standard InChI is InChI=1S/C18H16ClN3OS/c1-10-3-6-12(7-4-10)15(23)16-17(20)22-18(24-16)21-14-9-13(19)8-5-11(14)2/h3-9H,20H2,1-2H3,(H,21,22). The Hall–Kier alpha value is -2.37. The molecular weight excluding hydrogens is 342 g/mol. The van der Waals surface area contributed by atoms with Gasteiger partial charge in [0.1, 0.15) is 10.7 Å². The first-order valence-corrected chi connectivity index (χ1v) is 8.54. The van der Waals surface area contributed by atoms with Crippen molar-refractivity contribution >= 4 is 45.4 Å². The number of anilines is 3. The molecule has 4 nitrogen and oxygen atoms in total. The van der Waals surface area contributed by atoms with Crippen LogP contribution in [0.3, 0.4) is 0 Å². The molecule has 0 amide bonds. The molecule has 0 fully saturated rings. The number of carbonyl (C=O) groups is 1. The van der Waals surface area contributed by atoms with Crippen LogP contribution in [0.1, 0.15) is 26.4 Å². The minimum Gasteiger partial charge on any atom is -0.382 e. The van der Waals surface area contributed by atoms with E-state index in [2.05, 4.69) is 10.3 Å². The van der Waals surface area contributed by atoms with Crippen LogP contribution in [0.4, 0.5) is 16.6 Å². The van der Waals surface area contributed by atoms with Crippen molar-refractivity contribution in [3.63, 3.8) is 0 Å². The van der Waals surface area contributed by atoms with Gasteiger partial charge in [0.25, 0.3) is 0 Å². The Labute approximate surface area is 149 Å². The topological polar surface area (TPSA) is 68.0 Å². The van der Waals surface area contributed by atoms with Crippen molar-refractivity contribution in [3.8, 4) is 0 Å². The molecule has 0 aliphatic heterocycles. The van der Waals surface area contributed by atoms with Crippen molar-refractivity contribution in [2.24, 2.45) is 0 Å². The van der Waals surface area contributed by atoms with Gasteiger partial charge in [0.15, 0.2) is 5.13 Å². The molecule has 24 heavy (non-hydrogen) atoms. The highest BCUT2D eigenvalue weighted by Crippen LogP contribution is 2.31. The van der Waals surface area contributed by atoms with Gasteiger partial charge in [-0.15, -0.1) is 0 Å². The quantitative estimate of drug-likeness (QED) is 0.647. The first-order valence-electron chi connectivity index (χ1n) is 7.35. The summed E-state index contributed by atoms with van der Waals surface area (Å²) in [6.45, 7) is 3.94. The van der Waals surface area contributed by atoms with Crippen molar-refractivity contribution in [2.45, 2.75) is 13.8 Å². The van der Waals surface area contributed by atoms with E-state index in [9.17, 15) is 4.79 Å². The van der Waals surface area contributed by atoms with Gasteiger partial charge in [-0.25, -0.2) is 4.98 Å². The number of benzene rings is 2. The van der Waals surface area contributed by atoms with Crippen LogP contribution in [0.25, 0.3) is 0 Å².